The van der Waals surface area contributed by atoms with Gasteiger partial charge in [-0.15, -0.1) is 0 Å². The second-order valence-electron chi connectivity index (χ2n) is 6.38. The van der Waals surface area contributed by atoms with E-state index in [1.807, 2.05) is 24.3 Å². The van der Waals surface area contributed by atoms with E-state index in [2.05, 4.69) is 15.5 Å². The third-order valence-electron chi connectivity index (χ3n) is 4.43. The van der Waals surface area contributed by atoms with Crippen molar-refractivity contribution in [3.05, 3.63) is 54.1 Å². The number of amides is 1. The Morgan fingerprint density at radius 1 is 1.00 bits per heavy atom. The summed E-state index contributed by atoms with van der Waals surface area (Å²) in [6, 6.07) is 12.7. The van der Waals surface area contributed by atoms with Gasteiger partial charge >= 0.3 is 6.18 Å². The third kappa shape index (κ3) is 5.16. The van der Waals surface area contributed by atoms with Crippen LogP contribution < -0.4 is 15.5 Å². The molecule has 3 rings (SSSR count). The number of nitrogens with one attached hydrogen (secondary N) is 2. The summed E-state index contributed by atoms with van der Waals surface area (Å²) in [7, 11) is 0. The molecular formula is C20H22F3N3O2. The number of carbonyl (C=O) groups excluding carboxylic acids is 1. The van der Waals surface area contributed by atoms with Crippen LogP contribution in [0.4, 0.5) is 30.2 Å². The van der Waals surface area contributed by atoms with E-state index < -0.39 is 17.6 Å². The largest absolute Gasteiger partial charge is 0.418 e. The average molecular weight is 393 g/mol. The number of anilines is 3. The molecule has 0 radical (unpaired) electrons. The summed E-state index contributed by atoms with van der Waals surface area (Å²) in [6.45, 7) is 3.20. The topological polar surface area (TPSA) is 53.6 Å². The number of halogens is 3. The van der Waals surface area contributed by atoms with E-state index in [0.29, 0.717) is 19.8 Å². The molecule has 28 heavy (non-hydrogen) atoms. The average Bonchev–Trinajstić information content (AvgIpc) is 2.69. The maximum absolute atomic E-state index is 13.0. The summed E-state index contributed by atoms with van der Waals surface area (Å²) < 4.78 is 44.4. The van der Waals surface area contributed by atoms with Gasteiger partial charge in [0.2, 0.25) is 5.91 Å². The number of ether oxygens (including phenoxy) is 1. The number of hydrogen-bond acceptors (Lipinski definition) is 4. The van der Waals surface area contributed by atoms with E-state index in [1.165, 1.54) is 18.2 Å². The van der Waals surface area contributed by atoms with Gasteiger partial charge in [0.15, 0.2) is 0 Å². The maximum atomic E-state index is 13.0. The molecule has 1 amide bonds. The number of carbonyl (C=O) groups is 1. The summed E-state index contributed by atoms with van der Waals surface area (Å²) in [6.07, 6.45) is -4.47. The lowest BCUT2D eigenvalue weighted by molar-refractivity contribution is -0.137. The van der Waals surface area contributed by atoms with Gasteiger partial charge in [-0.05, 0) is 24.3 Å². The van der Waals surface area contributed by atoms with Gasteiger partial charge in [-0.1, -0.05) is 24.3 Å². The summed E-state index contributed by atoms with van der Waals surface area (Å²) in [5.41, 5.74) is 0.823. The molecule has 0 aliphatic carbocycles. The molecule has 2 aromatic rings. The van der Waals surface area contributed by atoms with E-state index in [-0.39, 0.29) is 12.1 Å². The van der Waals surface area contributed by atoms with Gasteiger partial charge in [0, 0.05) is 26.1 Å². The number of para-hydroxylation sites is 3. The Balaban J connectivity index is 1.57. The molecule has 1 aliphatic heterocycles. The molecule has 0 atom stereocenters. The van der Waals surface area contributed by atoms with Crippen molar-refractivity contribution in [3.63, 3.8) is 0 Å². The molecule has 2 N–H and O–H groups in total. The summed E-state index contributed by atoms with van der Waals surface area (Å²) >= 11 is 0. The molecule has 2 aromatic carbocycles. The van der Waals surface area contributed by atoms with Crippen LogP contribution in [-0.4, -0.2) is 38.8 Å². The Morgan fingerprint density at radius 3 is 2.36 bits per heavy atom. The highest BCUT2D eigenvalue weighted by Crippen LogP contribution is 2.34. The summed E-state index contributed by atoms with van der Waals surface area (Å²) in [5.74, 6) is -0.479. The second-order valence-corrected chi connectivity index (χ2v) is 6.38. The van der Waals surface area contributed by atoms with Crippen molar-refractivity contribution in [2.24, 2.45) is 0 Å². The minimum absolute atomic E-state index is 0.0453. The number of nitrogens with zero attached hydrogens (tertiary/aromatic N) is 1. The monoisotopic (exact) mass is 393 g/mol. The fourth-order valence-electron chi connectivity index (χ4n) is 3.07. The second kappa shape index (κ2) is 8.97. The Bertz CT molecular complexity index is 805. The minimum atomic E-state index is -4.51. The van der Waals surface area contributed by atoms with E-state index in [4.69, 9.17) is 4.74 Å². The van der Waals surface area contributed by atoms with Crippen molar-refractivity contribution >= 4 is 23.0 Å². The first-order chi connectivity index (χ1) is 13.4. The van der Waals surface area contributed by atoms with Crippen LogP contribution in [0.5, 0.6) is 0 Å². The van der Waals surface area contributed by atoms with Gasteiger partial charge in [0.05, 0.1) is 35.8 Å². The number of rotatable bonds is 6. The van der Waals surface area contributed by atoms with E-state index in [9.17, 15) is 18.0 Å². The molecule has 1 fully saturated rings. The van der Waals surface area contributed by atoms with Gasteiger partial charge in [-0.3, -0.25) is 4.79 Å². The van der Waals surface area contributed by atoms with E-state index in [0.717, 1.165) is 30.5 Å². The first-order valence-electron chi connectivity index (χ1n) is 9.07. The first-order valence-corrected chi connectivity index (χ1v) is 9.07. The van der Waals surface area contributed by atoms with Crippen LogP contribution in [0.3, 0.4) is 0 Å². The fraction of sp³-hybridized carbons (Fsp3) is 0.350. The number of morpholine rings is 1. The van der Waals surface area contributed by atoms with Crippen molar-refractivity contribution in [1.82, 2.24) is 0 Å². The molecule has 0 aromatic heterocycles. The number of hydrogen-bond donors (Lipinski definition) is 2. The van der Waals surface area contributed by atoms with Crippen molar-refractivity contribution in [3.8, 4) is 0 Å². The highest BCUT2D eigenvalue weighted by Gasteiger charge is 2.33. The Hall–Kier alpha value is -2.74. The van der Waals surface area contributed by atoms with Crippen LogP contribution >= 0.6 is 0 Å². The van der Waals surface area contributed by atoms with Crippen LogP contribution in [0, 0.1) is 0 Å². The number of alkyl halides is 3. The van der Waals surface area contributed by atoms with Crippen LogP contribution in [0.15, 0.2) is 48.5 Å². The Kier molecular flexibility index (Phi) is 6.41. The van der Waals surface area contributed by atoms with Crippen LogP contribution in [0.2, 0.25) is 0 Å². The van der Waals surface area contributed by atoms with Crippen LogP contribution in [0.25, 0.3) is 0 Å². The highest BCUT2D eigenvalue weighted by atomic mass is 19.4. The zero-order chi connectivity index (χ0) is 20.0. The molecule has 1 aliphatic rings. The molecule has 8 heteroatoms. The maximum Gasteiger partial charge on any atom is 0.418 e. The fourth-order valence-corrected chi connectivity index (χ4v) is 3.07. The van der Waals surface area contributed by atoms with Gasteiger partial charge in [0.1, 0.15) is 0 Å². The van der Waals surface area contributed by atoms with Crippen LogP contribution in [0.1, 0.15) is 12.0 Å². The summed E-state index contributed by atoms with van der Waals surface area (Å²) in [5, 5.41) is 5.56. The Labute approximate surface area is 161 Å². The molecule has 5 nitrogen and oxygen atoms in total. The van der Waals surface area contributed by atoms with Crippen molar-refractivity contribution in [1.29, 1.82) is 0 Å². The van der Waals surface area contributed by atoms with Crippen molar-refractivity contribution in [2.75, 3.05) is 48.4 Å². The van der Waals surface area contributed by atoms with Gasteiger partial charge in [-0.25, -0.2) is 0 Å². The highest BCUT2D eigenvalue weighted by molar-refractivity contribution is 5.92. The van der Waals surface area contributed by atoms with E-state index >= 15 is 0 Å². The van der Waals surface area contributed by atoms with Gasteiger partial charge < -0.3 is 20.3 Å². The smallest absolute Gasteiger partial charge is 0.383 e. The summed E-state index contributed by atoms with van der Waals surface area (Å²) in [4.78, 5) is 14.3. The standard InChI is InChI=1S/C20H22F3N3O2/c21-20(22,23)15-5-1-2-6-16(15)25-19(27)9-10-24-17-7-3-4-8-18(17)26-11-13-28-14-12-26/h1-8,24H,9-14H2,(H,25,27). The molecule has 0 unspecified atom stereocenters. The minimum Gasteiger partial charge on any atom is -0.383 e. The van der Waals surface area contributed by atoms with Gasteiger partial charge in [-0.2, -0.15) is 13.2 Å². The predicted molar refractivity (Wildman–Crippen MR) is 103 cm³/mol. The normalized spacial score (nSPS) is 14.6. The Morgan fingerprint density at radius 2 is 1.64 bits per heavy atom. The van der Waals surface area contributed by atoms with Crippen molar-refractivity contribution < 1.29 is 22.7 Å². The lowest BCUT2D eigenvalue weighted by atomic mass is 10.1. The SMILES string of the molecule is O=C(CCNc1ccccc1N1CCOCC1)Nc1ccccc1C(F)(F)F. The molecule has 0 spiro atoms. The van der Waals surface area contributed by atoms with E-state index in [1.54, 1.807) is 0 Å². The first kappa shape index (κ1) is 20.0. The number of benzene rings is 2. The lowest BCUT2D eigenvalue weighted by Crippen LogP contribution is -2.36. The molecule has 150 valence electrons. The lowest BCUT2D eigenvalue weighted by Gasteiger charge is -2.30. The van der Waals surface area contributed by atoms with Gasteiger partial charge in [0.25, 0.3) is 0 Å². The predicted octanol–water partition coefficient (Wildman–Crippen LogP) is 3.98. The molecular weight excluding hydrogens is 371 g/mol. The molecule has 0 bridgehead atoms. The third-order valence-corrected chi connectivity index (χ3v) is 4.43. The zero-order valence-corrected chi connectivity index (χ0v) is 15.3. The quantitative estimate of drug-likeness (QED) is 0.780. The van der Waals surface area contributed by atoms with Crippen molar-refractivity contribution in [2.45, 2.75) is 12.6 Å². The van der Waals surface area contributed by atoms with Crippen LogP contribution in [-0.2, 0) is 15.7 Å². The molecule has 1 saturated heterocycles. The molecule has 0 saturated carbocycles. The zero-order valence-electron chi connectivity index (χ0n) is 15.3. The molecule has 1 heterocycles.